The molecular formula is C23H31NO7. The molecule has 1 unspecified atom stereocenters. The average Bonchev–Trinajstić information content (AvgIpc) is 3.39. The normalized spacial score (nSPS) is 31.2. The summed E-state index contributed by atoms with van der Waals surface area (Å²) >= 11 is 0. The fraction of sp³-hybridized carbons (Fsp3) is 0.565. The molecule has 1 aromatic carbocycles. The Kier molecular flexibility index (Phi) is 6.66. The van der Waals surface area contributed by atoms with Gasteiger partial charge in [-0.2, -0.15) is 0 Å². The van der Waals surface area contributed by atoms with Gasteiger partial charge in [-0.3, -0.25) is 0 Å². The van der Waals surface area contributed by atoms with Gasteiger partial charge in [0.2, 0.25) is 6.29 Å². The van der Waals surface area contributed by atoms with Crippen molar-refractivity contribution in [1.82, 2.24) is 4.57 Å². The van der Waals surface area contributed by atoms with Gasteiger partial charge >= 0.3 is 0 Å². The number of hydrogen-bond donors (Lipinski definition) is 4. The first kappa shape index (κ1) is 22.3. The molecule has 0 aliphatic carbocycles. The van der Waals surface area contributed by atoms with Gasteiger partial charge in [0.1, 0.15) is 30.2 Å². The quantitative estimate of drug-likeness (QED) is 0.534. The molecule has 0 bridgehead atoms. The average molecular weight is 434 g/mol. The Morgan fingerprint density at radius 1 is 1.06 bits per heavy atom. The minimum atomic E-state index is -1.48. The van der Waals surface area contributed by atoms with E-state index in [2.05, 4.69) is 28.8 Å². The number of aromatic nitrogens is 1. The standard InChI is InChI=1S/C23H31NO7/c1-13-3-5-15(6-4-13)9-17-14(2)24(16-7-8-29-12-16)10-18(17)30-23-22(28)21(27)20(26)19(11-25)31-23/h3-6,10,16,19-23,25-28H,7-9,11-12H2,1-2H3/t16?,19-,20-,21+,22-,23-/m1/s1. The Balaban J connectivity index is 1.65. The van der Waals surface area contributed by atoms with Crippen molar-refractivity contribution in [2.45, 2.75) is 63.4 Å². The van der Waals surface area contributed by atoms with Crippen LogP contribution in [0.1, 0.15) is 34.8 Å². The molecular weight excluding hydrogens is 402 g/mol. The molecule has 1 aromatic heterocycles. The lowest BCUT2D eigenvalue weighted by Gasteiger charge is -2.39. The van der Waals surface area contributed by atoms with Crippen molar-refractivity contribution in [3.8, 4) is 5.75 Å². The molecule has 4 N–H and O–H groups in total. The molecule has 3 heterocycles. The van der Waals surface area contributed by atoms with Gasteiger partial charge in [0, 0.05) is 30.5 Å². The van der Waals surface area contributed by atoms with Gasteiger partial charge in [-0.15, -0.1) is 0 Å². The lowest BCUT2D eigenvalue weighted by atomic mass is 9.99. The van der Waals surface area contributed by atoms with Crippen LogP contribution in [0.3, 0.4) is 0 Å². The summed E-state index contributed by atoms with van der Waals surface area (Å²) in [7, 11) is 0. The lowest BCUT2D eigenvalue weighted by Crippen LogP contribution is -2.60. The van der Waals surface area contributed by atoms with Crippen molar-refractivity contribution in [3.63, 3.8) is 0 Å². The second-order valence-corrected chi connectivity index (χ2v) is 8.46. The number of hydrogen-bond acceptors (Lipinski definition) is 7. The van der Waals surface area contributed by atoms with E-state index in [0.717, 1.165) is 23.2 Å². The molecule has 0 radical (unpaired) electrons. The third-order valence-electron chi connectivity index (χ3n) is 6.27. The summed E-state index contributed by atoms with van der Waals surface area (Å²) in [4.78, 5) is 0. The molecule has 2 aliphatic heterocycles. The van der Waals surface area contributed by atoms with Crippen molar-refractivity contribution >= 4 is 0 Å². The Bertz CT molecular complexity index is 873. The highest BCUT2D eigenvalue weighted by Gasteiger charge is 2.45. The van der Waals surface area contributed by atoms with Crippen LogP contribution in [0.2, 0.25) is 0 Å². The minimum absolute atomic E-state index is 0.198. The highest BCUT2D eigenvalue weighted by atomic mass is 16.7. The second-order valence-electron chi connectivity index (χ2n) is 8.46. The first-order chi connectivity index (χ1) is 14.9. The van der Waals surface area contributed by atoms with E-state index in [1.807, 2.05) is 20.0 Å². The first-order valence-corrected chi connectivity index (χ1v) is 10.7. The van der Waals surface area contributed by atoms with Gasteiger partial charge < -0.3 is 39.2 Å². The van der Waals surface area contributed by atoms with E-state index in [4.69, 9.17) is 14.2 Å². The molecule has 0 spiro atoms. The van der Waals surface area contributed by atoms with Crippen LogP contribution >= 0.6 is 0 Å². The molecule has 2 aliphatic rings. The molecule has 0 amide bonds. The highest BCUT2D eigenvalue weighted by molar-refractivity contribution is 5.42. The number of nitrogens with zero attached hydrogens (tertiary/aromatic N) is 1. The predicted octanol–water partition coefficient (Wildman–Crippen LogP) is 0.836. The fourth-order valence-electron chi connectivity index (χ4n) is 4.27. The van der Waals surface area contributed by atoms with Gasteiger partial charge in [-0.25, -0.2) is 0 Å². The Morgan fingerprint density at radius 2 is 1.81 bits per heavy atom. The molecule has 170 valence electrons. The van der Waals surface area contributed by atoms with Crippen LogP contribution in [-0.2, 0) is 15.9 Å². The van der Waals surface area contributed by atoms with Crippen molar-refractivity contribution in [3.05, 3.63) is 52.8 Å². The van der Waals surface area contributed by atoms with E-state index in [-0.39, 0.29) is 6.04 Å². The Hall–Kier alpha value is -1.94. The van der Waals surface area contributed by atoms with Gasteiger partial charge in [-0.1, -0.05) is 29.8 Å². The van der Waals surface area contributed by atoms with Gasteiger partial charge in [0.15, 0.2) is 0 Å². The second kappa shape index (κ2) is 9.28. The highest BCUT2D eigenvalue weighted by Crippen LogP contribution is 2.34. The first-order valence-electron chi connectivity index (χ1n) is 10.7. The largest absolute Gasteiger partial charge is 0.460 e. The van der Waals surface area contributed by atoms with Crippen molar-refractivity contribution in [1.29, 1.82) is 0 Å². The third kappa shape index (κ3) is 4.50. The number of benzene rings is 1. The van der Waals surface area contributed by atoms with Crippen molar-refractivity contribution in [2.75, 3.05) is 19.8 Å². The lowest BCUT2D eigenvalue weighted by molar-refractivity contribution is -0.277. The van der Waals surface area contributed by atoms with Gasteiger partial charge in [0.25, 0.3) is 0 Å². The molecule has 4 rings (SSSR count). The zero-order chi connectivity index (χ0) is 22.1. The maximum Gasteiger partial charge on any atom is 0.229 e. The summed E-state index contributed by atoms with van der Waals surface area (Å²) in [5.41, 5.74) is 4.29. The molecule has 8 nitrogen and oxygen atoms in total. The van der Waals surface area contributed by atoms with Crippen molar-refractivity contribution < 1.29 is 34.6 Å². The van der Waals surface area contributed by atoms with Crippen LogP contribution in [0.25, 0.3) is 0 Å². The Morgan fingerprint density at radius 3 is 2.45 bits per heavy atom. The van der Waals surface area contributed by atoms with E-state index >= 15 is 0 Å². The number of aliphatic hydroxyl groups is 4. The zero-order valence-corrected chi connectivity index (χ0v) is 17.8. The maximum absolute atomic E-state index is 10.4. The molecule has 2 saturated heterocycles. The monoisotopic (exact) mass is 433 g/mol. The summed E-state index contributed by atoms with van der Waals surface area (Å²) in [5, 5.41) is 40.0. The van der Waals surface area contributed by atoms with E-state index in [9.17, 15) is 20.4 Å². The third-order valence-corrected chi connectivity index (χ3v) is 6.27. The molecule has 0 saturated carbocycles. The molecule has 31 heavy (non-hydrogen) atoms. The zero-order valence-electron chi connectivity index (χ0n) is 17.8. The van der Waals surface area contributed by atoms with Crippen LogP contribution in [0.4, 0.5) is 0 Å². The van der Waals surface area contributed by atoms with E-state index in [1.165, 1.54) is 5.56 Å². The van der Waals surface area contributed by atoms with Crippen LogP contribution in [0.15, 0.2) is 30.5 Å². The molecule has 8 heteroatoms. The smallest absolute Gasteiger partial charge is 0.229 e. The Labute approximate surface area is 181 Å². The summed E-state index contributed by atoms with van der Waals surface area (Å²) in [5.74, 6) is 0.536. The summed E-state index contributed by atoms with van der Waals surface area (Å²) < 4.78 is 19.3. The van der Waals surface area contributed by atoms with Crippen LogP contribution < -0.4 is 4.74 Å². The SMILES string of the molecule is Cc1ccc(Cc2c(O[C@@H]3O[C@H](CO)[C@@H](O)[C@H](O)[C@H]3O)cn(C3CCOC3)c2C)cc1. The minimum Gasteiger partial charge on any atom is -0.460 e. The van der Waals surface area contributed by atoms with E-state index < -0.39 is 37.3 Å². The molecule has 2 aromatic rings. The van der Waals surface area contributed by atoms with Crippen LogP contribution in [0.5, 0.6) is 5.75 Å². The maximum atomic E-state index is 10.4. The van der Waals surface area contributed by atoms with E-state index in [1.54, 1.807) is 0 Å². The van der Waals surface area contributed by atoms with Gasteiger partial charge in [0.05, 0.1) is 19.3 Å². The van der Waals surface area contributed by atoms with Crippen molar-refractivity contribution in [2.24, 2.45) is 0 Å². The molecule has 2 fully saturated rings. The fourth-order valence-corrected chi connectivity index (χ4v) is 4.27. The number of ether oxygens (including phenoxy) is 3. The summed E-state index contributed by atoms with van der Waals surface area (Å²) in [6.07, 6.45) is -3.18. The summed E-state index contributed by atoms with van der Waals surface area (Å²) in [6, 6.07) is 8.46. The van der Waals surface area contributed by atoms with Crippen LogP contribution in [0, 0.1) is 13.8 Å². The van der Waals surface area contributed by atoms with E-state index in [0.29, 0.717) is 25.4 Å². The predicted molar refractivity (Wildman–Crippen MR) is 112 cm³/mol. The molecule has 6 atom stereocenters. The number of aryl methyl sites for hydroxylation is 1. The number of aliphatic hydroxyl groups excluding tert-OH is 4. The summed E-state index contributed by atoms with van der Waals surface area (Å²) in [6.45, 7) is 4.90. The van der Waals surface area contributed by atoms with Crippen LogP contribution in [-0.4, -0.2) is 75.5 Å². The topological polar surface area (TPSA) is 114 Å². The van der Waals surface area contributed by atoms with Gasteiger partial charge in [-0.05, 0) is 25.8 Å². The number of rotatable bonds is 6.